The van der Waals surface area contributed by atoms with Crippen molar-refractivity contribution in [2.24, 2.45) is 23.2 Å². The van der Waals surface area contributed by atoms with Gasteiger partial charge in [0.2, 0.25) is 0 Å². The molecule has 1 aliphatic rings. The van der Waals surface area contributed by atoms with Crippen molar-refractivity contribution in [3.05, 3.63) is 0 Å². The van der Waals surface area contributed by atoms with Crippen LogP contribution in [0.3, 0.4) is 0 Å². The molecule has 4 atom stereocenters. The van der Waals surface area contributed by atoms with Crippen LogP contribution in [0.25, 0.3) is 0 Å². The minimum Gasteiger partial charge on any atom is -0.393 e. The summed E-state index contributed by atoms with van der Waals surface area (Å²) in [7, 11) is 0. The van der Waals surface area contributed by atoms with Gasteiger partial charge in [-0.05, 0) is 36.0 Å². The Morgan fingerprint density at radius 3 is 2.40 bits per heavy atom. The molecule has 1 saturated carbocycles. The average molecular weight is 212 g/mol. The zero-order valence-electron chi connectivity index (χ0n) is 11.1. The van der Waals surface area contributed by atoms with Gasteiger partial charge >= 0.3 is 0 Å². The highest BCUT2D eigenvalue weighted by molar-refractivity contribution is 4.90. The Labute approximate surface area is 95.3 Å². The van der Waals surface area contributed by atoms with Crippen molar-refractivity contribution in [1.29, 1.82) is 0 Å². The molecule has 0 heterocycles. The largest absolute Gasteiger partial charge is 0.393 e. The van der Waals surface area contributed by atoms with Crippen LogP contribution >= 0.6 is 0 Å². The summed E-state index contributed by atoms with van der Waals surface area (Å²) >= 11 is 0. The van der Waals surface area contributed by atoms with Gasteiger partial charge in [-0.3, -0.25) is 0 Å². The summed E-state index contributed by atoms with van der Waals surface area (Å²) in [5, 5.41) is 10.2. The van der Waals surface area contributed by atoms with Gasteiger partial charge in [0.05, 0.1) is 6.10 Å². The number of rotatable bonds is 3. The Morgan fingerprint density at radius 2 is 1.93 bits per heavy atom. The molecule has 0 radical (unpaired) electrons. The minimum absolute atomic E-state index is 0.0715. The van der Waals surface area contributed by atoms with Gasteiger partial charge in [-0.15, -0.1) is 0 Å². The van der Waals surface area contributed by atoms with Crippen LogP contribution in [0.5, 0.6) is 0 Å². The molecule has 1 nitrogen and oxygen atoms in total. The Morgan fingerprint density at radius 1 is 1.33 bits per heavy atom. The lowest BCUT2D eigenvalue weighted by atomic mass is 9.62. The molecular formula is C14H28O. The van der Waals surface area contributed by atoms with Crippen molar-refractivity contribution in [3.8, 4) is 0 Å². The van der Waals surface area contributed by atoms with Crippen molar-refractivity contribution in [1.82, 2.24) is 0 Å². The molecule has 1 rings (SSSR count). The molecule has 0 aromatic rings. The molecule has 0 amide bonds. The van der Waals surface area contributed by atoms with E-state index in [1.807, 2.05) is 0 Å². The summed E-state index contributed by atoms with van der Waals surface area (Å²) in [5.41, 5.74) is 0.286. The molecule has 1 fully saturated rings. The van der Waals surface area contributed by atoms with Crippen molar-refractivity contribution in [2.45, 2.75) is 66.4 Å². The standard InChI is InChI=1S/C14H28O/c1-6-11(3)14(4,5)12-8-7-10(2)9-13(12)15/h10-13,15H,6-9H2,1-5H3. The molecule has 1 aliphatic carbocycles. The fourth-order valence-electron chi connectivity index (χ4n) is 3.11. The zero-order valence-corrected chi connectivity index (χ0v) is 11.1. The van der Waals surface area contributed by atoms with Gasteiger partial charge < -0.3 is 5.11 Å². The number of aliphatic hydroxyl groups is 1. The molecule has 1 heteroatoms. The predicted octanol–water partition coefficient (Wildman–Crippen LogP) is 3.86. The van der Waals surface area contributed by atoms with Gasteiger partial charge in [0.25, 0.3) is 0 Å². The fourth-order valence-corrected chi connectivity index (χ4v) is 3.11. The van der Waals surface area contributed by atoms with Crippen molar-refractivity contribution in [2.75, 3.05) is 0 Å². The van der Waals surface area contributed by atoms with Gasteiger partial charge in [-0.1, -0.05) is 47.5 Å². The number of hydrogen-bond donors (Lipinski definition) is 1. The van der Waals surface area contributed by atoms with Crippen LogP contribution in [0.1, 0.15) is 60.3 Å². The Hall–Kier alpha value is -0.0400. The summed E-state index contributed by atoms with van der Waals surface area (Å²) in [5.74, 6) is 1.91. The van der Waals surface area contributed by atoms with E-state index in [0.29, 0.717) is 17.8 Å². The number of aliphatic hydroxyl groups excluding tert-OH is 1. The second-order valence-electron chi connectivity index (χ2n) is 6.22. The second kappa shape index (κ2) is 4.86. The quantitative estimate of drug-likeness (QED) is 0.753. The van der Waals surface area contributed by atoms with Gasteiger partial charge in [-0.2, -0.15) is 0 Å². The smallest absolute Gasteiger partial charge is 0.0576 e. The third kappa shape index (κ3) is 2.75. The van der Waals surface area contributed by atoms with E-state index in [0.717, 1.165) is 6.42 Å². The third-order valence-corrected chi connectivity index (χ3v) is 4.92. The van der Waals surface area contributed by atoms with Crippen molar-refractivity contribution >= 4 is 0 Å². The van der Waals surface area contributed by atoms with Crippen LogP contribution in [0, 0.1) is 23.2 Å². The number of hydrogen-bond acceptors (Lipinski definition) is 1. The normalized spacial score (nSPS) is 35.2. The molecule has 0 bridgehead atoms. The fraction of sp³-hybridized carbons (Fsp3) is 1.00. The first kappa shape index (κ1) is 13.0. The second-order valence-corrected chi connectivity index (χ2v) is 6.22. The summed E-state index contributed by atoms with van der Waals surface area (Å²) in [6.07, 6.45) is 4.65. The maximum atomic E-state index is 10.2. The first-order valence-electron chi connectivity index (χ1n) is 6.57. The molecule has 15 heavy (non-hydrogen) atoms. The first-order chi connectivity index (χ1) is 6.89. The van der Waals surface area contributed by atoms with Crippen LogP contribution in [0.15, 0.2) is 0 Å². The van der Waals surface area contributed by atoms with Crippen LogP contribution < -0.4 is 0 Å². The summed E-state index contributed by atoms with van der Waals surface area (Å²) < 4.78 is 0. The van der Waals surface area contributed by atoms with E-state index < -0.39 is 0 Å². The highest BCUT2D eigenvalue weighted by Crippen LogP contribution is 2.45. The van der Waals surface area contributed by atoms with Crippen molar-refractivity contribution < 1.29 is 5.11 Å². The minimum atomic E-state index is -0.0715. The summed E-state index contributed by atoms with van der Waals surface area (Å²) in [6, 6.07) is 0. The maximum absolute atomic E-state index is 10.2. The van der Waals surface area contributed by atoms with Crippen LogP contribution in [-0.2, 0) is 0 Å². The van der Waals surface area contributed by atoms with Crippen LogP contribution in [-0.4, -0.2) is 11.2 Å². The molecular weight excluding hydrogens is 184 g/mol. The van der Waals surface area contributed by atoms with E-state index in [2.05, 4.69) is 34.6 Å². The Bertz CT molecular complexity index is 198. The Kier molecular flexibility index (Phi) is 4.22. The molecule has 0 aliphatic heterocycles. The van der Waals surface area contributed by atoms with E-state index in [4.69, 9.17) is 0 Å². The van der Waals surface area contributed by atoms with Gasteiger partial charge in [0.15, 0.2) is 0 Å². The average Bonchev–Trinajstić information content (AvgIpc) is 2.15. The zero-order chi connectivity index (χ0) is 11.6. The molecule has 0 aromatic carbocycles. The SMILES string of the molecule is CCC(C)C(C)(C)C1CCC(C)CC1O. The van der Waals surface area contributed by atoms with E-state index >= 15 is 0 Å². The Balaban J connectivity index is 2.69. The molecule has 90 valence electrons. The van der Waals surface area contributed by atoms with E-state index in [9.17, 15) is 5.11 Å². The molecule has 0 aromatic heterocycles. The lowest BCUT2D eigenvalue weighted by Gasteiger charge is -2.45. The van der Waals surface area contributed by atoms with Gasteiger partial charge in [0.1, 0.15) is 0 Å². The van der Waals surface area contributed by atoms with E-state index in [1.54, 1.807) is 0 Å². The highest BCUT2D eigenvalue weighted by atomic mass is 16.3. The van der Waals surface area contributed by atoms with Crippen LogP contribution in [0.2, 0.25) is 0 Å². The lowest BCUT2D eigenvalue weighted by molar-refractivity contribution is -0.0355. The van der Waals surface area contributed by atoms with Crippen molar-refractivity contribution in [3.63, 3.8) is 0 Å². The monoisotopic (exact) mass is 212 g/mol. The predicted molar refractivity (Wildman–Crippen MR) is 65.7 cm³/mol. The first-order valence-corrected chi connectivity index (χ1v) is 6.57. The molecule has 0 saturated heterocycles. The van der Waals surface area contributed by atoms with Crippen LogP contribution in [0.4, 0.5) is 0 Å². The summed E-state index contributed by atoms with van der Waals surface area (Å²) in [4.78, 5) is 0. The molecule has 1 N–H and O–H groups in total. The van der Waals surface area contributed by atoms with E-state index in [-0.39, 0.29) is 11.5 Å². The topological polar surface area (TPSA) is 20.2 Å². The highest BCUT2D eigenvalue weighted by Gasteiger charge is 2.40. The van der Waals surface area contributed by atoms with Gasteiger partial charge in [-0.25, -0.2) is 0 Å². The molecule has 0 spiro atoms. The maximum Gasteiger partial charge on any atom is 0.0576 e. The molecule has 4 unspecified atom stereocenters. The summed E-state index contributed by atoms with van der Waals surface area (Å²) in [6.45, 7) is 11.5. The van der Waals surface area contributed by atoms with Gasteiger partial charge in [0, 0.05) is 0 Å². The third-order valence-electron chi connectivity index (χ3n) is 4.92. The van der Waals surface area contributed by atoms with E-state index in [1.165, 1.54) is 19.3 Å². The lowest BCUT2D eigenvalue weighted by Crippen LogP contribution is -2.41.